The molecule has 37 heavy (non-hydrogen) atoms. The molecule has 0 spiro atoms. The fourth-order valence-corrected chi connectivity index (χ4v) is 6.41. The first-order chi connectivity index (χ1) is 18.0. The fraction of sp³-hybridized carbons (Fsp3) is 0.278. The molecular formula is C36H37N. The molecule has 1 heterocycles. The summed E-state index contributed by atoms with van der Waals surface area (Å²) in [6.45, 7) is 8.80. The Morgan fingerprint density at radius 3 is 2.00 bits per heavy atom. The van der Waals surface area contributed by atoms with E-state index in [2.05, 4.69) is 124 Å². The van der Waals surface area contributed by atoms with Gasteiger partial charge >= 0.3 is 0 Å². The van der Waals surface area contributed by atoms with E-state index in [1.54, 1.807) is 0 Å². The quantitative estimate of drug-likeness (QED) is 0.261. The molecule has 0 radical (unpaired) electrons. The van der Waals surface area contributed by atoms with Crippen molar-refractivity contribution in [1.29, 1.82) is 0 Å². The second-order valence-corrected chi connectivity index (χ2v) is 11.2. The van der Waals surface area contributed by atoms with Gasteiger partial charge in [-0.1, -0.05) is 84.6 Å². The van der Waals surface area contributed by atoms with Gasteiger partial charge in [-0.15, -0.1) is 0 Å². The molecule has 1 heteroatoms. The fourth-order valence-electron chi connectivity index (χ4n) is 6.41. The van der Waals surface area contributed by atoms with E-state index in [9.17, 15) is 0 Å². The first-order valence-electron chi connectivity index (χ1n) is 13.8. The number of benzene rings is 4. The molecule has 186 valence electrons. The number of hydrogen-bond donors (Lipinski definition) is 0. The Bertz CT molecular complexity index is 1410. The Labute approximate surface area is 222 Å². The van der Waals surface area contributed by atoms with Crippen molar-refractivity contribution < 1.29 is 0 Å². The van der Waals surface area contributed by atoms with Crippen LogP contribution in [0.25, 0.3) is 11.6 Å². The summed E-state index contributed by atoms with van der Waals surface area (Å²) in [4.78, 5) is 2.66. The first-order valence-corrected chi connectivity index (χ1v) is 13.8. The Hall–Kier alpha value is -3.58. The smallest absolute Gasteiger partial charge is 0.0452 e. The zero-order valence-electron chi connectivity index (χ0n) is 22.6. The number of hydrogen-bond acceptors (Lipinski definition) is 1. The second kappa shape index (κ2) is 9.71. The van der Waals surface area contributed by atoms with Crippen LogP contribution in [-0.4, -0.2) is 6.04 Å². The third-order valence-electron chi connectivity index (χ3n) is 8.44. The van der Waals surface area contributed by atoms with Gasteiger partial charge in [0.1, 0.15) is 0 Å². The van der Waals surface area contributed by atoms with Crippen LogP contribution in [0.4, 0.5) is 11.4 Å². The van der Waals surface area contributed by atoms with Crippen LogP contribution < -0.4 is 4.90 Å². The summed E-state index contributed by atoms with van der Waals surface area (Å²) in [5.74, 6) is 0.610. The van der Waals surface area contributed by atoms with Gasteiger partial charge in [-0.2, -0.15) is 0 Å². The lowest BCUT2D eigenvalue weighted by Crippen LogP contribution is -2.32. The first kappa shape index (κ1) is 23.8. The minimum atomic E-state index is 0.567. The van der Waals surface area contributed by atoms with E-state index in [1.807, 2.05) is 0 Å². The van der Waals surface area contributed by atoms with Gasteiger partial charge in [-0.3, -0.25) is 0 Å². The molecule has 1 aliphatic carbocycles. The second-order valence-electron chi connectivity index (χ2n) is 11.2. The average molecular weight is 484 g/mol. The molecule has 1 saturated carbocycles. The predicted octanol–water partition coefficient (Wildman–Crippen LogP) is 9.69. The highest BCUT2D eigenvalue weighted by molar-refractivity contribution is 5.92. The highest BCUT2D eigenvalue weighted by Gasteiger charge is 2.40. The zero-order chi connectivity index (χ0) is 25.5. The monoisotopic (exact) mass is 483 g/mol. The summed E-state index contributed by atoms with van der Waals surface area (Å²) >= 11 is 0. The van der Waals surface area contributed by atoms with Gasteiger partial charge in [0.15, 0.2) is 0 Å². The van der Waals surface area contributed by atoms with Crippen molar-refractivity contribution in [3.63, 3.8) is 0 Å². The minimum Gasteiger partial charge on any atom is -0.337 e. The summed E-state index contributed by atoms with van der Waals surface area (Å²) in [6.07, 6.45) is 7.65. The van der Waals surface area contributed by atoms with Gasteiger partial charge in [0.2, 0.25) is 0 Å². The molecule has 1 fully saturated rings. The van der Waals surface area contributed by atoms with Crippen LogP contribution in [0.2, 0.25) is 0 Å². The van der Waals surface area contributed by atoms with Crippen LogP contribution in [0.3, 0.4) is 0 Å². The van der Waals surface area contributed by atoms with Gasteiger partial charge < -0.3 is 4.90 Å². The highest BCUT2D eigenvalue weighted by Crippen LogP contribution is 2.52. The predicted molar refractivity (Wildman–Crippen MR) is 159 cm³/mol. The number of rotatable bonds is 4. The molecule has 0 saturated heterocycles. The van der Waals surface area contributed by atoms with E-state index < -0.39 is 0 Å². The van der Waals surface area contributed by atoms with Gasteiger partial charge in [0, 0.05) is 23.3 Å². The molecule has 4 aromatic rings. The van der Waals surface area contributed by atoms with Crippen molar-refractivity contribution in [1.82, 2.24) is 0 Å². The van der Waals surface area contributed by atoms with Crippen molar-refractivity contribution in [2.24, 2.45) is 0 Å². The molecule has 0 bridgehead atoms. The average Bonchev–Trinajstić information content (AvgIpc) is 3.21. The molecule has 6 rings (SSSR count). The molecule has 4 aromatic carbocycles. The summed E-state index contributed by atoms with van der Waals surface area (Å²) in [5, 5.41) is 0. The number of fused-ring (bicyclic) bond motifs is 3. The van der Waals surface area contributed by atoms with Gasteiger partial charge in [0.05, 0.1) is 0 Å². The van der Waals surface area contributed by atoms with Gasteiger partial charge in [0.25, 0.3) is 0 Å². The van der Waals surface area contributed by atoms with Crippen molar-refractivity contribution in [2.45, 2.75) is 65.3 Å². The molecule has 1 aliphatic heterocycles. The Morgan fingerprint density at radius 1 is 0.703 bits per heavy atom. The van der Waals surface area contributed by atoms with Crippen LogP contribution in [0.5, 0.6) is 0 Å². The van der Waals surface area contributed by atoms with E-state index in [0.29, 0.717) is 12.0 Å². The van der Waals surface area contributed by atoms with Crippen molar-refractivity contribution in [2.75, 3.05) is 4.90 Å². The lowest BCUT2D eigenvalue weighted by Gasteiger charge is -2.33. The zero-order valence-corrected chi connectivity index (χ0v) is 22.6. The summed E-state index contributed by atoms with van der Waals surface area (Å²) in [5.41, 5.74) is 14.7. The lowest BCUT2D eigenvalue weighted by atomic mass is 9.81. The van der Waals surface area contributed by atoms with Crippen LogP contribution in [-0.2, 0) is 0 Å². The number of aryl methyl sites for hydroxylation is 4. The third-order valence-corrected chi connectivity index (χ3v) is 8.44. The molecule has 2 unspecified atom stereocenters. The molecule has 0 amide bonds. The molecule has 1 nitrogen and oxygen atoms in total. The summed E-state index contributed by atoms with van der Waals surface area (Å²) < 4.78 is 0. The summed E-state index contributed by atoms with van der Waals surface area (Å²) in [7, 11) is 0. The number of anilines is 2. The normalized spacial score (nSPS) is 18.3. The maximum atomic E-state index is 2.66. The van der Waals surface area contributed by atoms with E-state index in [1.165, 1.54) is 87.1 Å². The third kappa shape index (κ3) is 4.53. The van der Waals surface area contributed by atoms with Crippen LogP contribution in [0.1, 0.15) is 76.1 Å². The maximum Gasteiger partial charge on any atom is 0.0452 e. The lowest BCUT2D eigenvalue weighted by molar-refractivity contribution is 0.402. The Kier molecular flexibility index (Phi) is 6.24. The minimum absolute atomic E-state index is 0.567. The maximum absolute atomic E-state index is 2.66. The molecule has 2 aliphatic rings. The van der Waals surface area contributed by atoms with E-state index in [4.69, 9.17) is 0 Å². The van der Waals surface area contributed by atoms with E-state index in [0.717, 1.165) is 0 Å². The van der Waals surface area contributed by atoms with Crippen molar-refractivity contribution in [3.05, 3.63) is 129 Å². The Balaban J connectivity index is 1.50. The van der Waals surface area contributed by atoms with Crippen LogP contribution >= 0.6 is 0 Å². The molecule has 0 aromatic heterocycles. The van der Waals surface area contributed by atoms with E-state index >= 15 is 0 Å². The van der Waals surface area contributed by atoms with Gasteiger partial charge in [-0.25, -0.2) is 0 Å². The summed E-state index contributed by atoms with van der Waals surface area (Å²) in [6, 6.07) is 32.6. The molecular weight excluding hydrogens is 446 g/mol. The topological polar surface area (TPSA) is 3.24 Å². The van der Waals surface area contributed by atoms with Gasteiger partial charge in [-0.05, 0) is 110 Å². The van der Waals surface area contributed by atoms with Crippen molar-refractivity contribution >= 4 is 23.0 Å². The number of nitrogens with zero attached hydrogens (tertiary/aromatic N) is 1. The SMILES string of the molecule is Cc1ccc(C(=Cc2cc3c(cc2C)N(c2cccc(C)c2)C2CCCCC32)c2ccc(C)cc2)cc1. The highest BCUT2D eigenvalue weighted by atomic mass is 15.2. The van der Waals surface area contributed by atoms with E-state index in [-0.39, 0.29) is 0 Å². The standard InChI is InChI=1S/C36H37N/c1-24-12-16-28(17-13-24)33(29-18-14-25(2)15-19-29)22-30-23-34-32-10-5-6-11-35(32)37(36(34)21-27(30)4)31-9-7-8-26(3)20-31/h7-9,12-23,32,35H,5-6,10-11H2,1-4H3. The van der Waals surface area contributed by atoms with Crippen LogP contribution in [0, 0.1) is 27.7 Å². The van der Waals surface area contributed by atoms with Crippen molar-refractivity contribution in [3.8, 4) is 0 Å². The largest absolute Gasteiger partial charge is 0.337 e. The molecule has 2 atom stereocenters. The molecule has 0 N–H and O–H groups in total. The van der Waals surface area contributed by atoms with Crippen LogP contribution in [0.15, 0.2) is 84.9 Å². The Morgan fingerprint density at radius 2 is 1.35 bits per heavy atom.